The third-order valence-corrected chi connectivity index (χ3v) is 7.86. The van der Waals surface area contributed by atoms with E-state index in [-0.39, 0.29) is 9.80 Å². The Bertz CT molecular complexity index is 1770. The molecule has 0 saturated carbocycles. The van der Waals surface area contributed by atoms with Crippen molar-refractivity contribution in [2.45, 2.75) is 11.5 Å². The van der Waals surface area contributed by atoms with Crippen LogP contribution in [0.5, 0.6) is 5.75 Å². The number of allylic oxidation sites excluding steroid dienone is 1. The lowest BCUT2D eigenvalue weighted by Crippen LogP contribution is -2.03. The molecule has 0 aliphatic rings. The number of hydrogen-bond acceptors (Lipinski definition) is 5. The summed E-state index contributed by atoms with van der Waals surface area (Å²) >= 11 is 5.98. The molecular weight excluding hydrogens is 530 g/mol. The highest BCUT2D eigenvalue weighted by atomic mass is 35.5. The van der Waals surface area contributed by atoms with E-state index >= 15 is 0 Å². The fourth-order valence-electron chi connectivity index (χ4n) is 3.95. The smallest absolute Gasteiger partial charge is 0.216 e. The van der Waals surface area contributed by atoms with E-state index in [4.69, 9.17) is 21.4 Å². The fraction of sp³-hybridized carbons (Fsp3) is 0.0323. The van der Waals surface area contributed by atoms with Gasteiger partial charge < -0.3 is 4.74 Å². The van der Waals surface area contributed by atoms with Crippen LogP contribution in [0.15, 0.2) is 125 Å². The molecular formula is C31H22ClN3O3S. The average molecular weight is 552 g/mol. The Morgan fingerprint density at radius 2 is 1.62 bits per heavy atom. The highest BCUT2D eigenvalue weighted by Crippen LogP contribution is 2.30. The molecule has 0 spiro atoms. The summed E-state index contributed by atoms with van der Waals surface area (Å²) in [6.07, 6.45) is 3.08. The second kappa shape index (κ2) is 11.4. The first-order chi connectivity index (χ1) is 18.9. The van der Waals surface area contributed by atoms with Crippen LogP contribution in [-0.2, 0) is 16.4 Å². The van der Waals surface area contributed by atoms with Gasteiger partial charge in [-0.05, 0) is 60.2 Å². The second-order valence-electron chi connectivity index (χ2n) is 8.59. The molecule has 0 aliphatic carbocycles. The number of ether oxygens (including phenoxy) is 1. The minimum absolute atomic E-state index is 0.0485. The van der Waals surface area contributed by atoms with E-state index in [1.807, 2.05) is 84.9 Å². The first kappa shape index (κ1) is 26.0. The molecule has 1 aromatic heterocycles. The van der Waals surface area contributed by atoms with E-state index in [9.17, 15) is 13.7 Å². The van der Waals surface area contributed by atoms with Crippen molar-refractivity contribution in [1.82, 2.24) is 9.78 Å². The Kier molecular flexibility index (Phi) is 7.60. The molecule has 6 nitrogen and oxygen atoms in total. The average Bonchev–Trinajstić information content (AvgIpc) is 3.40. The number of aromatic nitrogens is 2. The van der Waals surface area contributed by atoms with Crippen molar-refractivity contribution in [1.29, 1.82) is 5.26 Å². The number of nitrogens with zero attached hydrogens (tertiary/aromatic N) is 3. The van der Waals surface area contributed by atoms with Gasteiger partial charge in [0.1, 0.15) is 29.0 Å². The lowest BCUT2D eigenvalue weighted by Gasteiger charge is -2.08. The van der Waals surface area contributed by atoms with Crippen LogP contribution in [0.1, 0.15) is 11.1 Å². The van der Waals surface area contributed by atoms with Gasteiger partial charge in [-0.25, -0.2) is 13.1 Å². The molecule has 0 aliphatic heterocycles. The SMILES string of the molecule is N#CC(=Cc1cn(-c2ccccc2)nc1-c1cccc(OCc2ccc(Cl)cc2)c1)S(=O)(=O)c1ccccc1. The maximum Gasteiger partial charge on any atom is 0.216 e. The summed E-state index contributed by atoms with van der Waals surface area (Å²) in [5, 5.41) is 15.3. The van der Waals surface area contributed by atoms with E-state index in [0.717, 1.165) is 11.3 Å². The number of sulfone groups is 1. The van der Waals surface area contributed by atoms with Gasteiger partial charge in [0.15, 0.2) is 0 Å². The molecule has 4 aromatic carbocycles. The monoisotopic (exact) mass is 551 g/mol. The van der Waals surface area contributed by atoms with E-state index in [1.54, 1.807) is 29.1 Å². The van der Waals surface area contributed by atoms with E-state index < -0.39 is 9.84 Å². The highest BCUT2D eigenvalue weighted by molar-refractivity contribution is 7.95. The maximum atomic E-state index is 13.2. The van der Waals surface area contributed by atoms with Crippen molar-refractivity contribution in [2.75, 3.05) is 0 Å². The quantitative estimate of drug-likeness (QED) is 0.192. The molecule has 0 radical (unpaired) electrons. The van der Waals surface area contributed by atoms with E-state index in [1.165, 1.54) is 18.2 Å². The van der Waals surface area contributed by atoms with Gasteiger partial charge in [0.2, 0.25) is 9.84 Å². The number of nitriles is 1. The highest BCUT2D eigenvalue weighted by Gasteiger charge is 2.22. The molecule has 5 aromatic rings. The number of para-hydroxylation sites is 1. The molecule has 1 heterocycles. The third-order valence-electron chi connectivity index (χ3n) is 5.93. The number of benzene rings is 4. The molecule has 5 rings (SSSR count). The molecule has 192 valence electrons. The van der Waals surface area contributed by atoms with Crippen LogP contribution in [0.4, 0.5) is 0 Å². The lowest BCUT2D eigenvalue weighted by atomic mass is 10.1. The Labute approximate surface area is 231 Å². The summed E-state index contributed by atoms with van der Waals surface area (Å²) in [7, 11) is -4.03. The van der Waals surface area contributed by atoms with Crippen LogP contribution in [-0.4, -0.2) is 18.2 Å². The Morgan fingerprint density at radius 1 is 0.923 bits per heavy atom. The zero-order valence-electron chi connectivity index (χ0n) is 20.6. The second-order valence-corrected chi connectivity index (χ2v) is 10.9. The van der Waals surface area contributed by atoms with Crippen LogP contribution < -0.4 is 4.74 Å². The number of rotatable bonds is 8. The van der Waals surface area contributed by atoms with Crippen LogP contribution in [0.25, 0.3) is 23.0 Å². The van der Waals surface area contributed by atoms with Crippen LogP contribution in [0.2, 0.25) is 5.02 Å². The van der Waals surface area contributed by atoms with Gasteiger partial charge in [0.25, 0.3) is 0 Å². The molecule has 8 heteroatoms. The minimum atomic E-state index is -4.03. The van der Waals surface area contributed by atoms with Crippen molar-refractivity contribution in [2.24, 2.45) is 0 Å². The molecule has 0 unspecified atom stereocenters. The molecule has 0 fully saturated rings. The zero-order chi connectivity index (χ0) is 27.2. The predicted octanol–water partition coefficient (Wildman–Crippen LogP) is 7.11. The molecule has 0 N–H and O–H groups in total. The third kappa shape index (κ3) is 5.93. The minimum Gasteiger partial charge on any atom is -0.489 e. The lowest BCUT2D eigenvalue weighted by molar-refractivity contribution is 0.306. The number of halogens is 1. The molecule has 0 saturated heterocycles. The van der Waals surface area contributed by atoms with Gasteiger partial charge in [-0.2, -0.15) is 10.4 Å². The van der Waals surface area contributed by atoms with Crippen molar-refractivity contribution in [3.63, 3.8) is 0 Å². The summed E-state index contributed by atoms with van der Waals surface area (Å²) in [5.41, 5.74) is 3.44. The number of hydrogen-bond donors (Lipinski definition) is 0. The van der Waals surface area contributed by atoms with Crippen LogP contribution in [0.3, 0.4) is 0 Å². The molecule has 0 atom stereocenters. The first-order valence-electron chi connectivity index (χ1n) is 12.0. The van der Waals surface area contributed by atoms with Crippen molar-refractivity contribution >= 4 is 27.5 Å². The summed E-state index contributed by atoms with van der Waals surface area (Å²) in [5.74, 6) is 0.615. The zero-order valence-corrected chi connectivity index (χ0v) is 22.2. The van der Waals surface area contributed by atoms with E-state index in [2.05, 4.69) is 0 Å². The normalized spacial score (nSPS) is 11.6. The maximum absolute atomic E-state index is 13.2. The van der Waals surface area contributed by atoms with Crippen molar-refractivity contribution < 1.29 is 13.2 Å². The predicted molar refractivity (Wildman–Crippen MR) is 152 cm³/mol. The van der Waals surface area contributed by atoms with Crippen LogP contribution in [0, 0.1) is 11.3 Å². The Morgan fingerprint density at radius 3 is 2.31 bits per heavy atom. The van der Waals surface area contributed by atoms with Crippen molar-refractivity contribution in [3.05, 3.63) is 136 Å². The largest absolute Gasteiger partial charge is 0.489 e. The fourth-order valence-corrected chi connectivity index (χ4v) is 5.25. The molecule has 39 heavy (non-hydrogen) atoms. The van der Waals surface area contributed by atoms with Gasteiger partial charge in [0.05, 0.1) is 10.6 Å². The van der Waals surface area contributed by atoms with Gasteiger partial charge in [-0.15, -0.1) is 0 Å². The van der Waals surface area contributed by atoms with E-state index in [0.29, 0.717) is 34.2 Å². The van der Waals surface area contributed by atoms with Crippen LogP contribution >= 0.6 is 11.6 Å². The standard InChI is InChI=1S/C31H22ClN3O3S/c32-26-16-14-23(15-17-26)22-38-28-11-7-8-24(18-28)31-25(21-35(34-31)27-9-3-1-4-10-27)19-30(20-33)39(36,37)29-12-5-2-6-13-29/h1-19,21H,22H2. The van der Waals surface area contributed by atoms with Gasteiger partial charge in [-0.3, -0.25) is 0 Å². The van der Waals surface area contributed by atoms with Gasteiger partial charge in [0, 0.05) is 22.3 Å². The van der Waals surface area contributed by atoms with Gasteiger partial charge in [-0.1, -0.05) is 72.3 Å². The summed E-state index contributed by atoms with van der Waals surface area (Å²) in [6, 6.07) is 34.0. The molecule has 0 amide bonds. The summed E-state index contributed by atoms with van der Waals surface area (Å²) < 4.78 is 34.1. The topological polar surface area (TPSA) is 85.0 Å². The summed E-state index contributed by atoms with van der Waals surface area (Å²) in [6.45, 7) is 0.347. The van der Waals surface area contributed by atoms with Gasteiger partial charge >= 0.3 is 0 Å². The van der Waals surface area contributed by atoms with Crippen molar-refractivity contribution in [3.8, 4) is 28.8 Å². The summed E-state index contributed by atoms with van der Waals surface area (Å²) in [4.78, 5) is -0.329. The Hall–Kier alpha value is -4.64. The first-order valence-corrected chi connectivity index (χ1v) is 13.8. The molecule has 0 bridgehead atoms. The Balaban J connectivity index is 1.55.